The molecule has 0 aliphatic carbocycles. The molecule has 2 aromatic rings. The van der Waals surface area contributed by atoms with Gasteiger partial charge in [0.05, 0.1) is 13.1 Å². The molecule has 76 valence electrons. The van der Waals surface area contributed by atoms with Crippen LogP contribution in [0.25, 0.3) is 0 Å². The molecule has 0 saturated carbocycles. The number of rotatable bonds is 2. The number of nitrogens with two attached hydrogens (primary N) is 1. The summed E-state index contributed by atoms with van der Waals surface area (Å²) < 4.78 is 1.89. The van der Waals surface area contributed by atoms with E-state index in [1.54, 1.807) is 17.5 Å². The van der Waals surface area contributed by atoms with E-state index in [-0.39, 0.29) is 0 Å². The highest BCUT2D eigenvalue weighted by Gasteiger charge is 1.98. The third-order valence-electron chi connectivity index (χ3n) is 1.87. The second-order valence-corrected chi connectivity index (χ2v) is 4.01. The van der Waals surface area contributed by atoms with E-state index in [0.29, 0.717) is 6.54 Å². The van der Waals surface area contributed by atoms with Crippen LogP contribution in [0.5, 0.6) is 0 Å². The molecular formula is C11H11N3S. The lowest BCUT2D eigenvalue weighted by Gasteiger charge is -1.95. The van der Waals surface area contributed by atoms with Crippen molar-refractivity contribution in [2.45, 2.75) is 6.54 Å². The quantitative estimate of drug-likeness (QED) is 0.771. The number of aromatic nitrogens is 2. The minimum atomic E-state index is 0.407. The van der Waals surface area contributed by atoms with Gasteiger partial charge in [-0.15, -0.1) is 11.3 Å². The number of nitrogens with zero attached hydrogens (tertiary/aromatic N) is 2. The summed E-state index contributed by atoms with van der Waals surface area (Å²) in [6.07, 6.45) is 3.73. The van der Waals surface area contributed by atoms with Crippen molar-refractivity contribution in [1.29, 1.82) is 0 Å². The molecule has 4 heteroatoms. The van der Waals surface area contributed by atoms with Crippen LogP contribution in [0.4, 0.5) is 0 Å². The van der Waals surface area contributed by atoms with E-state index in [0.717, 1.165) is 12.1 Å². The second kappa shape index (κ2) is 4.78. The first kappa shape index (κ1) is 9.97. The van der Waals surface area contributed by atoms with Crippen molar-refractivity contribution >= 4 is 11.3 Å². The zero-order chi connectivity index (χ0) is 10.5. The highest BCUT2D eigenvalue weighted by atomic mass is 32.1. The zero-order valence-corrected chi connectivity index (χ0v) is 9.00. The predicted octanol–water partition coefficient (Wildman–Crippen LogP) is 1.30. The fourth-order valence-corrected chi connectivity index (χ4v) is 2.04. The van der Waals surface area contributed by atoms with Gasteiger partial charge in [0.2, 0.25) is 0 Å². The molecule has 0 amide bonds. The van der Waals surface area contributed by atoms with Gasteiger partial charge >= 0.3 is 0 Å². The Hall–Kier alpha value is -1.57. The van der Waals surface area contributed by atoms with Crippen LogP contribution in [-0.2, 0) is 6.54 Å². The van der Waals surface area contributed by atoms with Crippen LogP contribution in [0.1, 0.15) is 10.4 Å². The SMILES string of the molecule is NCC#Cc1csc(Cn2cccn2)c1. The maximum atomic E-state index is 5.31. The summed E-state index contributed by atoms with van der Waals surface area (Å²) >= 11 is 1.69. The molecule has 0 aliphatic heterocycles. The monoisotopic (exact) mass is 217 g/mol. The lowest BCUT2D eigenvalue weighted by molar-refractivity contribution is 0.695. The van der Waals surface area contributed by atoms with Gasteiger partial charge in [0.1, 0.15) is 0 Å². The van der Waals surface area contributed by atoms with Gasteiger partial charge in [0.25, 0.3) is 0 Å². The van der Waals surface area contributed by atoms with E-state index in [1.807, 2.05) is 22.3 Å². The molecule has 3 nitrogen and oxygen atoms in total. The maximum Gasteiger partial charge on any atom is 0.0752 e. The number of thiophene rings is 1. The van der Waals surface area contributed by atoms with Crippen LogP contribution in [0.15, 0.2) is 29.9 Å². The lowest BCUT2D eigenvalue weighted by atomic mass is 10.3. The van der Waals surface area contributed by atoms with Crippen LogP contribution in [0, 0.1) is 11.8 Å². The van der Waals surface area contributed by atoms with Gasteiger partial charge in [-0.1, -0.05) is 11.8 Å². The van der Waals surface area contributed by atoms with Gasteiger partial charge in [-0.3, -0.25) is 4.68 Å². The Morgan fingerprint density at radius 3 is 3.20 bits per heavy atom. The summed E-state index contributed by atoms with van der Waals surface area (Å²) in [5.41, 5.74) is 6.34. The van der Waals surface area contributed by atoms with Gasteiger partial charge in [-0.05, 0) is 12.1 Å². The van der Waals surface area contributed by atoms with E-state index in [9.17, 15) is 0 Å². The largest absolute Gasteiger partial charge is 0.320 e. The van der Waals surface area contributed by atoms with Gasteiger partial charge in [-0.25, -0.2) is 0 Å². The Kier molecular flexibility index (Phi) is 3.18. The van der Waals surface area contributed by atoms with Crippen LogP contribution >= 0.6 is 11.3 Å². The minimum Gasteiger partial charge on any atom is -0.320 e. The summed E-state index contributed by atoms with van der Waals surface area (Å²) in [7, 11) is 0. The third kappa shape index (κ3) is 2.69. The van der Waals surface area contributed by atoms with E-state index in [1.165, 1.54) is 4.88 Å². The van der Waals surface area contributed by atoms with Crippen molar-refractivity contribution in [3.8, 4) is 11.8 Å². The Bertz CT molecular complexity index is 473. The first-order valence-electron chi connectivity index (χ1n) is 4.62. The van der Waals surface area contributed by atoms with Crippen molar-refractivity contribution < 1.29 is 0 Å². The van der Waals surface area contributed by atoms with E-state index in [2.05, 4.69) is 23.0 Å². The fourth-order valence-electron chi connectivity index (χ4n) is 1.24. The van der Waals surface area contributed by atoms with Crippen molar-refractivity contribution in [2.75, 3.05) is 6.54 Å². The average Bonchev–Trinajstić information content (AvgIpc) is 2.87. The number of hydrogen-bond donors (Lipinski definition) is 1. The molecule has 2 N–H and O–H groups in total. The summed E-state index contributed by atoms with van der Waals surface area (Å²) in [6, 6.07) is 4.00. The topological polar surface area (TPSA) is 43.8 Å². The van der Waals surface area contributed by atoms with E-state index >= 15 is 0 Å². The molecule has 0 aliphatic rings. The molecule has 2 rings (SSSR count). The van der Waals surface area contributed by atoms with Crippen LogP contribution < -0.4 is 5.73 Å². The van der Waals surface area contributed by atoms with Crippen LogP contribution in [0.2, 0.25) is 0 Å². The normalized spacial score (nSPS) is 9.67. The molecule has 0 unspecified atom stereocenters. The summed E-state index contributed by atoms with van der Waals surface area (Å²) in [4.78, 5) is 1.25. The average molecular weight is 217 g/mol. The van der Waals surface area contributed by atoms with Crippen LogP contribution in [0.3, 0.4) is 0 Å². The third-order valence-corrected chi connectivity index (χ3v) is 2.79. The van der Waals surface area contributed by atoms with Gasteiger partial charge < -0.3 is 5.73 Å². The smallest absolute Gasteiger partial charge is 0.0752 e. The molecule has 0 spiro atoms. The first-order valence-corrected chi connectivity index (χ1v) is 5.50. The highest BCUT2D eigenvalue weighted by molar-refractivity contribution is 7.10. The van der Waals surface area contributed by atoms with Crippen LogP contribution in [-0.4, -0.2) is 16.3 Å². The standard InChI is InChI=1S/C11H11N3S/c12-4-1-3-10-7-11(15-9-10)8-14-6-2-5-13-14/h2,5-7,9H,4,8,12H2. The Labute approximate surface area is 92.5 Å². The van der Waals surface area contributed by atoms with Gasteiger partial charge in [0, 0.05) is 28.2 Å². The van der Waals surface area contributed by atoms with Crippen molar-refractivity contribution in [3.05, 3.63) is 40.3 Å². The molecule has 0 saturated heterocycles. The summed E-state index contributed by atoms with van der Waals surface area (Å²) in [6.45, 7) is 1.21. The van der Waals surface area contributed by atoms with Crippen molar-refractivity contribution in [1.82, 2.24) is 9.78 Å². The van der Waals surface area contributed by atoms with Gasteiger partial charge in [-0.2, -0.15) is 5.10 Å². The lowest BCUT2D eigenvalue weighted by Crippen LogP contribution is -1.97. The van der Waals surface area contributed by atoms with Crippen molar-refractivity contribution in [3.63, 3.8) is 0 Å². The van der Waals surface area contributed by atoms with E-state index < -0.39 is 0 Å². The molecular weight excluding hydrogens is 206 g/mol. The molecule has 15 heavy (non-hydrogen) atoms. The van der Waals surface area contributed by atoms with Gasteiger partial charge in [0.15, 0.2) is 0 Å². The molecule has 2 heterocycles. The maximum absolute atomic E-state index is 5.31. The fraction of sp³-hybridized carbons (Fsp3) is 0.182. The number of hydrogen-bond acceptors (Lipinski definition) is 3. The summed E-state index contributed by atoms with van der Waals surface area (Å²) in [5.74, 6) is 5.85. The zero-order valence-electron chi connectivity index (χ0n) is 8.18. The second-order valence-electron chi connectivity index (χ2n) is 3.01. The van der Waals surface area contributed by atoms with Crippen molar-refractivity contribution in [2.24, 2.45) is 5.73 Å². The van der Waals surface area contributed by atoms with E-state index in [4.69, 9.17) is 5.73 Å². The molecule has 0 fully saturated rings. The summed E-state index contributed by atoms with van der Waals surface area (Å²) in [5, 5.41) is 6.19. The molecule has 2 aromatic heterocycles. The molecule has 0 radical (unpaired) electrons. The Morgan fingerprint density at radius 1 is 1.53 bits per heavy atom. The molecule has 0 aromatic carbocycles. The highest BCUT2D eigenvalue weighted by Crippen LogP contribution is 2.14. The molecule has 0 bridgehead atoms. The Balaban J connectivity index is 2.07. The molecule has 0 atom stereocenters. The first-order chi connectivity index (χ1) is 7.38. The Morgan fingerprint density at radius 2 is 2.47 bits per heavy atom. The predicted molar refractivity (Wildman–Crippen MR) is 61.6 cm³/mol. The minimum absolute atomic E-state index is 0.407.